The first kappa shape index (κ1) is 7.15. The third-order valence-electron chi connectivity index (χ3n) is 2.91. The number of fused-ring (bicyclic) bond motifs is 3. The summed E-state index contributed by atoms with van der Waals surface area (Å²) in [6.45, 7) is 2.43. The molecule has 1 aromatic heterocycles. The van der Waals surface area contributed by atoms with E-state index in [9.17, 15) is 0 Å². The van der Waals surface area contributed by atoms with Crippen molar-refractivity contribution >= 4 is 15.9 Å². The summed E-state index contributed by atoms with van der Waals surface area (Å²) in [5.41, 5.74) is 1.46. The predicted molar refractivity (Wildman–Crippen MR) is 50.8 cm³/mol. The van der Waals surface area contributed by atoms with Gasteiger partial charge in [-0.3, -0.25) is 4.90 Å². The van der Waals surface area contributed by atoms with Crippen LogP contribution in [0.4, 0.5) is 0 Å². The largest absolute Gasteiger partial charge is 0.333 e. The standard InChI is InChI=1S/C9H11BrN2/c10-7-4-8-6-11-3-1-2-9(11)12(8)5-7/h4-5,9H,1-3,6H2. The Kier molecular flexibility index (Phi) is 1.41. The SMILES string of the molecule is Brc1cc2n(c1)C1CCCN1C2. The highest BCUT2D eigenvalue weighted by Gasteiger charge is 2.33. The second kappa shape index (κ2) is 2.36. The van der Waals surface area contributed by atoms with E-state index in [0.717, 1.165) is 6.54 Å². The predicted octanol–water partition coefficient (Wildman–Crippen LogP) is 2.36. The fourth-order valence-corrected chi connectivity index (χ4v) is 2.89. The van der Waals surface area contributed by atoms with Crippen molar-refractivity contribution in [3.8, 4) is 0 Å². The van der Waals surface area contributed by atoms with Crippen LogP contribution in [-0.2, 0) is 6.54 Å². The molecule has 12 heavy (non-hydrogen) atoms. The van der Waals surface area contributed by atoms with Gasteiger partial charge in [0, 0.05) is 29.5 Å². The van der Waals surface area contributed by atoms with Gasteiger partial charge in [0.05, 0.1) is 6.17 Å². The first-order valence-corrected chi connectivity index (χ1v) is 5.24. The molecule has 0 amide bonds. The van der Waals surface area contributed by atoms with Crippen molar-refractivity contribution in [2.75, 3.05) is 6.54 Å². The molecular weight excluding hydrogens is 216 g/mol. The Hall–Kier alpha value is -0.280. The summed E-state index contributed by atoms with van der Waals surface area (Å²) in [6, 6.07) is 2.23. The van der Waals surface area contributed by atoms with Crippen LogP contribution in [0.3, 0.4) is 0 Å². The highest BCUT2D eigenvalue weighted by Crippen LogP contribution is 2.37. The Morgan fingerprint density at radius 1 is 1.50 bits per heavy atom. The average molecular weight is 227 g/mol. The van der Waals surface area contributed by atoms with Crippen molar-refractivity contribution < 1.29 is 0 Å². The van der Waals surface area contributed by atoms with Crippen molar-refractivity contribution in [2.45, 2.75) is 25.6 Å². The Balaban J connectivity index is 2.06. The topological polar surface area (TPSA) is 8.17 Å². The average Bonchev–Trinajstić information content (AvgIpc) is 2.59. The van der Waals surface area contributed by atoms with Crippen molar-refractivity contribution in [2.24, 2.45) is 0 Å². The second-order valence-corrected chi connectivity index (χ2v) is 4.57. The van der Waals surface area contributed by atoms with Gasteiger partial charge in [0.25, 0.3) is 0 Å². The van der Waals surface area contributed by atoms with Gasteiger partial charge < -0.3 is 4.57 Å². The lowest BCUT2D eigenvalue weighted by molar-refractivity contribution is 0.237. The molecule has 64 valence electrons. The first-order chi connectivity index (χ1) is 5.84. The molecule has 3 heteroatoms. The normalized spacial score (nSPS) is 27.6. The van der Waals surface area contributed by atoms with Gasteiger partial charge in [-0.25, -0.2) is 0 Å². The molecule has 2 aliphatic heterocycles. The van der Waals surface area contributed by atoms with Crippen LogP contribution >= 0.6 is 15.9 Å². The van der Waals surface area contributed by atoms with E-state index in [1.54, 1.807) is 0 Å². The smallest absolute Gasteiger partial charge is 0.0865 e. The molecular formula is C9H11BrN2. The minimum Gasteiger partial charge on any atom is -0.333 e. The number of aromatic nitrogens is 1. The number of hydrogen-bond acceptors (Lipinski definition) is 1. The quantitative estimate of drug-likeness (QED) is 0.660. The molecule has 3 rings (SSSR count). The summed E-state index contributed by atoms with van der Waals surface area (Å²) in [4.78, 5) is 2.56. The molecule has 0 spiro atoms. The van der Waals surface area contributed by atoms with Gasteiger partial charge in [0.2, 0.25) is 0 Å². The summed E-state index contributed by atoms with van der Waals surface area (Å²) in [6.07, 6.45) is 5.57. The number of hydrogen-bond donors (Lipinski definition) is 0. The van der Waals surface area contributed by atoms with E-state index in [0.29, 0.717) is 6.17 Å². The fourth-order valence-electron chi connectivity index (χ4n) is 2.41. The molecule has 3 heterocycles. The molecule has 1 atom stereocenters. The third-order valence-corrected chi connectivity index (χ3v) is 3.35. The molecule has 0 saturated carbocycles. The van der Waals surface area contributed by atoms with Crippen molar-refractivity contribution in [1.82, 2.24) is 9.47 Å². The van der Waals surface area contributed by atoms with Crippen LogP contribution in [0.2, 0.25) is 0 Å². The molecule has 1 fully saturated rings. The summed E-state index contributed by atoms with van der Waals surface area (Å²) >= 11 is 3.52. The van der Waals surface area contributed by atoms with Gasteiger partial charge in [0.1, 0.15) is 0 Å². The highest BCUT2D eigenvalue weighted by atomic mass is 79.9. The van der Waals surface area contributed by atoms with E-state index < -0.39 is 0 Å². The second-order valence-electron chi connectivity index (χ2n) is 3.65. The lowest BCUT2D eigenvalue weighted by Gasteiger charge is -2.15. The maximum Gasteiger partial charge on any atom is 0.0865 e. The molecule has 1 saturated heterocycles. The Bertz CT molecular complexity index is 318. The summed E-state index contributed by atoms with van der Waals surface area (Å²) < 4.78 is 3.64. The van der Waals surface area contributed by atoms with Crippen LogP contribution in [0.25, 0.3) is 0 Å². The fraction of sp³-hybridized carbons (Fsp3) is 0.556. The first-order valence-electron chi connectivity index (χ1n) is 4.45. The van der Waals surface area contributed by atoms with Crippen molar-refractivity contribution in [3.63, 3.8) is 0 Å². The molecule has 1 aromatic rings. The maximum atomic E-state index is 3.52. The molecule has 2 aliphatic rings. The third kappa shape index (κ3) is 0.837. The van der Waals surface area contributed by atoms with E-state index in [-0.39, 0.29) is 0 Å². The highest BCUT2D eigenvalue weighted by molar-refractivity contribution is 9.10. The number of nitrogens with zero attached hydrogens (tertiary/aromatic N) is 2. The maximum absolute atomic E-state index is 3.52. The molecule has 0 N–H and O–H groups in total. The van der Waals surface area contributed by atoms with E-state index in [1.165, 1.54) is 29.6 Å². The van der Waals surface area contributed by atoms with Gasteiger partial charge >= 0.3 is 0 Å². The number of rotatable bonds is 0. The zero-order valence-electron chi connectivity index (χ0n) is 6.83. The van der Waals surface area contributed by atoms with Gasteiger partial charge in [-0.05, 0) is 34.8 Å². The van der Waals surface area contributed by atoms with Gasteiger partial charge in [-0.2, -0.15) is 0 Å². The van der Waals surface area contributed by atoms with E-state index >= 15 is 0 Å². The zero-order chi connectivity index (χ0) is 8.13. The van der Waals surface area contributed by atoms with Gasteiger partial charge in [-0.1, -0.05) is 0 Å². The van der Waals surface area contributed by atoms with Crippen molar-refractivity contribution in [3.05, 3.63) is 22.4 Å². The molecule has 0 aliphatic carbocycles. The summed E-state index contributed by atoms with van der Waals surface area (Å²) in [5, 5.41) is 0. The lowest BCUT2D eigenvalue weighted by atomic mass is 10.3. The van der Waals surface area contributed by atoms with Crippen LogP contribution in [-0.4, -0.2) is 16.0 Å². The molecule has 0 aromatic carbocycles. The molecule has 2 nitrogen and oxygen atoms in total. The Morgan fingerprint density at radius 3 is 3.33 bits per heavy atom. The van der Waals surface area contributed by atoms with Gasteiger partial charge in [0.15, 0.2) is 0 Å². The van der Waals surface area contributed by atoms with Crippen LogP contribution in [0, 0.1) is 0 Å². The van der Waals surface area contributed by atoms with Crippen molar-refractivity contribution in [1.29, 1.82) is 0 Å². The van der Waals surface area contributed by atoms with E-state index in [1.807, 2.05) is 0 Å². The monoisotopic (exact) mass is 226 g/mol. The molecule has 1 unspecified atom stereocenters. The van der Waals surface area contributed by atoms with Crippen LogP contribution < -0.4 is 0 Å². The van der Waals surface area contributed by atoms with Crippen LogP contribution in [0.1, 0.15) is 24.7 Å². The zero-order valence-corrected chi connectivity index (χ0v) is 8.42. The minimum absolute atomic E-state index is 0.672. The lowest BCUT2D eigenvalue weighted by Crippen LogP contribution is -2.17. The van der Waals surface area contributed by atoms with Crippen LogP contribution in [0.5, 0.6) is 0 Å². The Morgan fingerprint density at radius 2 is 2.42 bits per heavy atom. The Labute approximate surface area is 80.3 Å². The molecule has 0 bridgehead atoms. The van der Waals surface area contributed by atoms with Crippen LogP contribution in [0.15, 0.2) is 16.7 Å². The molecule has 0 radical (unpaired) electrons. The summed E-state index contributed by atoms with van der Waals surface area (Å²) in [7, 11) is 0. The minimum atomic E-state index is 0.672. The van der Waals surface area contributed by atoms with E-state index in [2.05, 4.69) is 37.7 Å². The number of halogens is 1. The van der Waals surface area contributed by atoms with E-state index in [4.69, 9.17) is 0 Å². The summed E-state index contributed by atoms with van der Waals surface area (Å²) in [5.74, 6) is 0. The van der Waals surface area contributed by atoms with Gasteiger partial charge in [-0.15, -0.1) is 0 Å².